The van der Waals surface area contributed by atoms with Gasteiger partial charge in [-0.15, -0.1) is 0 Å². The van der Waals surface area contributed by atoms with E-state index < -0.39 is 11.7 Å². The topological polar surface area (TPSA) is 41.9 Å². The van der Waals surface area contributed by atoms with Crippen molar-refractivity contribution < 1.29 is 22.8 Å². The van der Waals surface area contributed by atoms with Crippen LogP contribution >= 0.6 is 11.6 Å². The molecule has 0 fully saturated rings. The summed E-state index contributed by atoms with van der Waals surface area (Å²) in [5, 5.41) is 4.75. The number of amides is 1. The first kappa shape index (κ1) is 23.1. The van der Waals surface area contributed by atoms with Crippen molar-refractivity contribution in [3.8, 4) is 0 Å². The fraction of sp³-hybridized carbons (Fsp3) is 0.391. The van der Waals surface area contributed by atoms with Crippen molar-refractivity contribution in [2.24, 2.45) is 11.1 Å². The summed E-state index contributed by atoms with van der Waals surface area (Å²) in [4.78, 5) is 19.9. The van der Waals surface area contributed by atoms with Crippen LogP contribution in [0.15, 0.2) is 53.7 Å². The number of hydrogen-bond acceptors (Lipinski definition) is 3. The van der Waals surface area contributed by atoms with Crippen LogP contribution < -0.4 is 0 Å². The SMILES string of the molecule is CC(C)CC(=O)N(Cc1cccc(C(F)(F)F)c1)CC1CC(c2ccc(Cl)cc2)=NO1. The van der Waals surface area contributed by atoms with E-state index in [1.54, 1.807) is 23.1 Å². The molecule has 1 aliphatic rings. The third-order valence-corrected chi connectivity index (χ3v) is 5.15. The second-order valence-electron chi connectivity index (χ2n) is 8.05. The first-order chi connectivity index (χ1) is 14.6. The highest BCUT2D eigenvalue weighted by Gasteiger charge is 2.31. The zero-order valence-electron chi connectivity index (χ0n) is 17.3. The molecule has 1 amide bonds. The van der Waals surface area contributed by atoms with Crippen LogP contribution in [0.1, 0.15) is 43.4 Å². The van der Waals surface area contributed by atoms with E-state index >= 15 is 0 Å². The standard InChI is InChI=1S/C23H24ClF3N2O2/c1-15(2)10-22(30)29(13-16-4-3-5-18(11-16)23(25,26)27)14-20-12-21(28-31-20)17-6-8-19(24)9-7-17/h3-9,11,15,20H,10,12-14H2,1-2H3. The van der Waals surface area contributed by atoms with Gasteiger partial charge >= 0.3 is 6.18 Å². The summed E-state index contributed by atoms with van der Waals surface area (Å²) in [7, 11) is 0. The summed E-state index contributed by atoms with van der Waals surface area (Å²) >= 11 is 5.92. The number of carbonyl (C=O) groups excluding carboxylic acids is 1. The minimum absolute atomic E-state index is 0.0750. The fourth-order valence-electron chi connectivity index (χ4n) is 3.38. The maximum absolute atomic E-state index is 13.1. The minimum atomic E-state index is -4.43. The van der Waals surface area contributed by atoms with Crippen LogP contribution in [0.3, 0.4) is 0 Å². The average molecular weight is 453 g/mol. The second kappa shape index (κ2) is 9.73. The highest BCUT2D eigenvalue weighted by molar-refractivity contribution is 6.30. The third-order valence-electron chi connectivity index (χ3n) is 4.90. The molecule has 0 N–H and O–H groups in total. The van der Waals surface area contributed by atoms with Crippen molar-refractivity contribution in [1.29, 1.82) is 0 Å². The Balaban J connectivity index is 1.71. The number of halogens is 4. The fourth-order valence-corrected chi connectivity index (χ4v) is 3.51. The number of nitrogens with zero attached hydrogens (tertiary/aromatic N) is 2. The van der Waals surface area contributed by atoms with Gasteiger partial charge in [-0.2, -0.15) is 13.2 Å². The smallest absolute Gasteiger partial charge is 0.390 e. The maximum atomic E-state index is 13.1. The van der Waals surface area contributed by atoms with Gasteiger partial charge < -0.3 is 9.74 Å². The Morgan fingerprint density at radius 3 is 2.58 bits per heavy atom. The van der Waals surface area contributed by atoms with Crippen molar-refractivity contribution in [3.63, 3.8) is 0 Å². The minimum Gasteiger partial charge on any atom is -0.390 e. The zero-order chi connectivity index (χ0) is 22.6. The molecule has 2 aromatic rings. The van der Waals surface area contributed by atoms with E-state index in [9.17, 15) is 18.0 Å². The average Bonchev–Trinajstić information content (AvgIpc) is 3.15. The van der Waals surface area contributed by atoms with E-state index in [-0.39, 0.29) is 31.0 Å². The maximum Gasteiger partial charge on any atom is 0.416 e. The van der Waals surface area contributed by atoms with Crippen LogP contribution in [0.2, 0.25) is 5.02 Å². The summed E-state index contributed by atoms with van der Waals surface area (Å²) in [6.45, 7) is 4.16. The molecular weight excluding hydrogens is 429 g/mol. The van der Waals surface area contributed by atoms with Gasteiger partial charge in [0.2, 0.25) is 5.91 Å². The number of benzene rings is 2. The Hall–Kier alpha value is -2.54. The number of hydrogen-bond donors (Lipinski definition) is 0. The van der Waals surface area contributed by atoms with Gasteiger partial charge in [-0.1, -0.05) is 54.9 Å². The van der Waals surface area contributed by atoms with Crippen molar-refractivity contribution >= 4 is 23.2 Å². The number of rotatable bonds is 7. The van der Waals surface area contributed by atoms with Gasteiger partial charge in [-0.05, 0) is 41.3 Å². The van der Waals surface area contributed by atoms with Crippen LogP contribution in [0.4, 0.5) is 13.2 Å². The van der Waals surface area contributed by atoms with Gasteiger partial charge in [0.15, 0.2) is 6.10 Å². The molecule has 8 heteroatoms. The molecule has 1 aliphatic heterocycles. The zero-order valence-corrected chi connectivity index (χ0v) is 18.1. The summed E-state index contributed by atoms with van der Waals surface area (Å²) in [5.74, 6) is -0.00200. The Morgan fingerprint density at radius 1 is 1.23 bits per heavy atom. The molecule has 0 bridgehead atoms. The first-order valence-electron chi connectivity index (χ1n) is 10.0. The van der Waals surface area contributed by atoms with Gasteiger partial charge in [0.05, 0.1) is 17.8 Å². The Morgan fingerprint density at radius 2 is 1.94 bits per heavy atom. The summed E-state index contributed by atoms with van der Waals surface area (Å²) in [5.41, 5.74) is 1.32. The predicted octanol–water partition coefficient (Wildman–Crippen LogP) is 5.93. The lowest BCUT2D eigenvalue weighted by atomic mass is 10.0. The molecule has 0 aliphatic carbocycles. The van der Waals surface area contributed by atoms with E-state index in [2.05, 4.69) is 5.16 Å². The van der Waals surface area contributed by atoms with E-state index in [0.717, 1.165) is 23.4 Å². The lowest BCUT2D eigenvalue weighted by Gasteiger charge is -2.26. The van der Waals surface area contributed by atoms with Crippen LogP contribution in [0.5, 0.6) is 0 Å². The lowest BCUT2D eigenvalue weighted by Crippen LogP contribution is -2.37. The molecular formula is C23H24ClF3N2O2. The van der Waals surface area contributed by atoms with Crippen molar-refractivity contribution in [3.05, 3.63) is 70.2 Å². The number of alkyl halides is 3. The number of carbonyl (C=O) groups is 1. The molecule has 1 unspecified atom stereocenters. The molecule has 0 saturated heterocycles. The molecule has 166 valence electrons. The van der Waals surface area contributed by atoms with Crippen LogP contribution in [-0.2, 0) is 22.4 Å². The van der Waals surface area contributed by atoms with E-state index in [0.29, 0.717) is 23.4 Å². The van der Waals surface area contributed by atoms with Crippen molar-refractivity contribution in [2.75, 3.05) is 6.54 Å². The molecule has 1 atom stereocenters. The van der Waals surface area contributed by atoms with Gasteiger partial charge in [-0.25, -0.2) is 0 Å². The highest BCUT2D eigenvalue weighted by Crippen LogP contribution is 2.30. The molecule has 0 saturated carbocycles. The van der Waals surface area contributed by atoms with E-state index in [1.807, 2.05) is 26.0 Å². The molecule has 1 heterocycles. The summed E-state index contributed by atoms with van der Waals surface area (Å²) < 4.78 is 39.2. The normalized spacial score (nSPS) is 16.2. The largest absolute Gasteiger partial charge is 0.416 e. The summed E-state index contributed by atoms with van der Waals surface area (Å²) in [6.07, 6.45) is -4.00. The Labute approximate surface area is 184 Å². The molecule has 0 spiro atoms. The second-order valence-corrected chi connectivity index (χ2v) is 8.48. The lowest BCUT2D eigenvalue weighted by molar-refractivity contribution is -0.137. The van der Waals surface area contributed by atoms with Crippen molar-refractivity contribution in [2.45, 2.75) is 45.5 Å². The molecule has 4 nitrogen and oxygen atoms in total. The van der Waals surface area contributed by atoms with Crippen LogP contribution in [0.25, 0.3) is 0 Å². The van der Waals surface area contributed by atoms with Crippen LogP contribution in [0, 0.1) is 5.92 Å². The highest BCUT2D eigenvalue weighted by atomic mass is 35.5. The first-order valence-corrected chi connectivity index (χ1v) is 10.4. The molecule has 0 radical (unpaired) electrons. The van der Waals surface area contributed by atoms with Gasteiger partial charge in [0.25, 0.3) is 0 Å². The molecule has 3 rings (SSSR count). The van der Waals surface area contributed by atoms with E-state index in [1.165, 1.54) is 6.07 Å². The monoisotopic (exact) mass is 452 g/mol. The van der Waals surface area contributed by atoms with E-state index in [4.69, 9.17) is 16.4 Å². The third kappa shape index (κ3) is 6.47. The van der Waals surface area contributed by atoms with Gasteiger partial charge in [-0.3, -0.25) is 4.79 Å². The Bertz CT molecular complexity index is 943. The molecule has 0 aromatic heterocycles. The number of oxime groups is 1. The van der Waals surface area contributed by atoms with Gasteiger partial charge in [0.1, 0.15) is 0 Å². The van der Waals surface area contributed by atoms with Gasteiger partial charge in [0, 0.05) is 24.4 Å². The quantitative estimate of drug-likeness (QED) is 0.522. The predicted molar refractivity (Wildman–Crippen MR) is 114 cm³/mol. The van der Waals surface area contributed by atoms with Crippen molar-refractivity contribution in [1.82, 2.24) is 4.90 Å². The molecule has 31 heavy (non-hydrogen) atoms. The Kier molecular flexibility index (Phi) is 7.26. The molecule has 2 aromatic carbocycles. The van der Waals surface area contributed by atoms with Crippen LogP contribution in [-0.4, -0.2) is 29.2 Å². The summed E-state index contributed by atoms with van der Waals surface area (Å²) in [6, 6.07) is 12.3.